The highest BCUT2D eigenvalue weighted by Crippen LogP contribution is 2.29. The second kappa shape index (κ2) is 12.3. The van der Waals surface area contributed by atoms with E-state index in [1.54, 1.807) is 0 Å². The first-order chi connectivity index (χ1) is 10.6. The fourth-order valence-corrected chi connectivity index (χ4v) is 2.10. The van der Waals surface area contributed by atoms with E-state index in [1.165, 1.54) is 0 Å². The molecule has 23 heavy (non-hydrogen) atoms. The summed E-state index contributed by atoms with van der Waals surface area (Å²) >= 11 is 0. The lowest BCUT2D eigenvalue weighted by Gasteiger charge is -2.14. The van der Waals surface area contributed by atoms with Crippen LogP contribution < -0.4 is 20.5 Å². The van der Waals surface area contributed by atoms with Crippen LogP contribution >= 0.6 is 24.0 Å². The van der Waals surface area contributed by atoms with Gasteiger partial charge in [0.1, 0.15) is 11.5 Å². The largest absolute Gasteiger partial charge is 0.494 e. The number of nitrogens with zero attached hydrogens (tertiary/aromatic N) is 1. The minimum absolute atomic E-state index is 0. The molecule has 0 saturated carbocycles. The van der Waals surface area contributed by atoms with E-state index >= 15 is 0 Å². The second-order valence-corrected chi connectivity index (χ2v) is 5.06. The normalized spacial score (nSPS) is 11.1. The van der Waals surface area contributed by atoms with Crippen LogP contribution in [0, 0.1) is 5.92 Å². The maximum atomic E-state index is 6.00. The van der Waals surface area contributed by atoms with Crippen molar-refractivity contribution in [3.63, 3.8) is 0 Å². The highest BCUT2D eigenvalue weighted by Gasteiger charge is 2.08. The lowest BCUT2D eigenvalue weighted by Crippen LogP contribution is -2.24. The number of ether oxygens (including phenoxy) is 2. The van der Waals surface area contributed by atoms with Gasteiger partial charge in [-0.1, -0.05) is 26.7 Å². The third kappa shape index (κ3) is 7.76. The molecule has 5 nitrogen and oxygen atoms in total. The van der Waals surface area contributed by atoms with Gasteiger partial charge in [0.15, 0.2) is 5.96 Å². The Morgan fingerprint density at radius 1 is 1.13 bits per heavy atom. The highest BCUT2D eigenvalue weighted by atomic mass is 127. The zero-order chi connectivity index (χ0) is 16.4. The Kier molecular flexibility index (Phi) is 11.6. The Bertz CT molecular complexity index is 477. The van der Waals surface area contributed by atoms with Crippen molar-refractivity contribution in [2.24, 2.45) is 16.6 Å². The van der Waals surface area contributed by atoms with Gasteiger partial charge in [-0.25, -0.2) is 0 Å². The van der Waals surface area contributed by atoms with E-state index in [2.05, 4.69) is 24.2 Å². The van der Waals surface area contributed by atoms with Crippen LogP contribution in [0.2, 0.25) is 0 Å². The number of benzene rings is 1. The van der Waals surface area contributed by atoms with Gasteiger partial charge in [0.2, 0.25) is 0 Å². The summed E-state index contributed by atoms with van der Waals surface area (Å²) in [6.07, 6.45) is 2.22. The standard InChI is InChI=1S/C17H29N3O2.HI/c1-5-13(6-2)12-19-17(18)20-15-11-14(21-7-3)9-10-16(15)22-8-4;/h9-11,13H,5-8,12H2,1-4H3,(H3,18,19,20);1H. The first-order valence-corrected chi connectivity index (χ1v) is 8.11. The first-order valence-electron chi connectivity index (χ1n) is 8.11. The van der Waals surface area contributed by atoms with Gasteiger partial charge in [0.05, 0.1) is 18.9 Å². The number of nitrogens with two attached hydrogens (primary N) is 1. The minimum Gasteiger partial charge on any atom is -0.494 e. The molecule has 0 aliphatic carbocycles. The molecule has 0 spiro atoms. The van der Waals surface area contributed by atoms with Crippen LogP contribution in [0.1, 0.15) is 40.5 Å². The molecular weight excluding hydrogens is 405 g/mol. The van der Waals surface area contributed by atoms with E-state index in [0.717, 1.165) is 36.6 Å². The molecule has 0 heterocycles. The van der Waals surface area contributed by atoms with Gasteiger partial charge in [-0.05, 0) is 31.9 Å². The number of hydrogen-bond donors (Lipinski definition) is 2. The molecule has 132 valence electrons. The molecule has 0 bridgehead atoms. The Labute approximate surface area is 157 Å². The van der Waals surface area contributed by atoms with Crippen LogP contribution in [0.3, 0.4) is 0 Å². The predicted molar refractivity (Wildman–Crippen MR) is 108 cm³/mol. The predicted octanol–water partition coefficient (Wildman–Crippen LogP) is 4.26. The van der Waals surface area contributed by atoms with Crippen LogP contribution in [0.15, 0.2) is 23.2 Å². The Morgan fingerprint density at radius 3 is 2.35 bits per heavy atom. The number of halogens is 1. The van der Waals surface area contributed by atoms with Crippen molar-refractivity contribution in [2.75, 3.05) is 25.1 Å². The van der Waals surface area contributed by atoms with Gasteiger partial charge >= 0.3 is 0 Å². The molecule has 1 aromatic rings. The average Bonchev–Trinajstić information content (AvgIpc) is 2.51. The SMILES string of the molecule is CCOc1ccc(OCC)c(NC(N)=NCC(CC)CC)c1.I. The summed E-state index contributed by atoms with van der Waals surface area (Å²) in [6, 6.07) is 5.65. The van der Waals surface area contributed by atoms with Crippen LogP contribution in [-0.4, -0.2) is 25.7 Å². The van der Waals surface area contributed by atoms with Gasteiger partial charge < -0.3 is 20.5 Å². The third-order valence-electron chi connectivity index (χ3n) is 3.50. The van der Waals surface area contributed by atoms with Crippen LogP contribution in [0.4, 0.5) is 5.69 Å². The maximum absolute atomic E-state index is 6.00. The zero-order valence-corrected chi connectivity index (χ0v) is 16.9. The summed E-state index contributed by atoms with van der Waals surface area (Å²) in [5.74, 6) is 2.50. The third-order valence-corrected chi connectivity index (χ3v) is 3.50. The molecule has 1 aromatic carbocycles. The molecular formula is C17H30IN3O2. The van der Waals surface area contributed by atoms with Crippen molar-refractivity contribution in [1.29, 1.82) is 0 Å². The molecule has 0 fully saturated rings. The lowest BCUT2D eigenvalue weighted by molar-refractivity contribution is 0.332. The molecule has 0 amide bonds. The monoisotopic (exact) mass is 435 g/mol. The zero-order valence-electron chi connectivity index (χ0n) is 14.6. The molecule has 0 aliphatic heterocycles. The van der Waals surface area contributed by atoms with Gasteiger partial charge in [-0.3, -0.25) is 4.99 Å². The fourth-order valence-electron chi connectivity index (χ4n) is 2.10. The Morgan fingerprint density at radius 2 is 1.78 bits per heavy atom. The van der Waals surface area contributed by atoms with E-state index in [-0.39, 0.29) is 24.0 Å². The summed E-state index contributed by atoms with van der Waals surface area (Å²) in [4.78, 5) is 4.43. The van der Waals surface area contributed by atoms with E-state index in [1.807, 2.05) is 32.0 Å². The smallest absolute Gasteiger partial charge is 0.193 e. The van der Waals surface area contributed by atoms with Crippen molar-refractivity contribution in [3.8, 4) is 11.5 Å². The number of aliphatic imine (C=N–C) groups is 1. The molecule has 0 aromatic heterocycles. The van der Waals surface area contributed by atoms with Gasteiger partial charge in [-0.15, -0.1) is 24.0 Å². The Balaban J connectivity index is 0.00000484. The summed E-state index contributed by atoms with van der Waals surface area (Å²) in [5, 5.41) is 3.12. The van der Waals surface area contributed by atoms with Crippen molar-refractivity contribution < 1.29 is 9.47 Å². The lowest BCUT2D eigenvalue weighted by atomic mass is 10.0. The number of anilines is 1. The second-order valence-electron chi connectivity index (χ2n) is 5.06. The van der Waals surface area contributed by atoms with E-state index in [9.17, 15) is 0 Å². The highest BCUT2D eigenvalue weighted by molar-refractivity contribution is 14.0. The number of guanidine groups is 1. The molecule has 6 heteroatoms. The van der Waals surface area contributed by atoms with Crippen molar-refractivity contribution in [3.05, 3.63) is 18.2 Å². The van der Waals surface area contributed by atoms with E-state index < -0.39 is 0 Å². The summed E-state index contributed by atoms with van der Waals surface area (Å²) in [5.41, 5.74) is 6.77. The molecule has 0 atom stereocenters. The van der Waals surface area contributed by atoms with Crippen LogP contribution in [0.5, 0.6) is 11.5 Å². The fraction of sp³-hybridized carbons (Fsp3) is 0.588. The quantitative estimate of drug-likeness (QED) is 0.346. The van der Waals surface area contributed by atoms with Gasteiger partial charge in [0, 0.05) is 12.6 Å². The van der Waals surface area contributed by atoms with Gasteiger partial charge in [-0.2, -0.15) is 0 Å². The minimum atomic E-state index is 0. The number of rotatable bonds is 9. The molecule has 0 saturated heterocycles. The molecule has 3 N–H and O–H groups in total. The van der Waals surface area contributed by atoms with Crippen LogP contribution in [0.25, 0.3) is 0 Å². The average molecular weight is 435 g/mol. The van der Waals surface area contributed by atoms with Gasteiger partial charge in [0.25, 0.3) is 0 Å². The van der Waals surface area contributed by atoms with Crippen molar-refractivity contribution in [1.82, 2.24) is 0 Å². The van der Waals surface area contributed by atoms with E-state index in [4.69, 9.17) is 15.2 Å². The molecule has 0 radical (unpaired) electrons. The molecule has 0 unspecified atom stereocenters. The maximum Gasteiger partial charge on any atom is 0.193 e. The summed E-state index contributed by atoms with van der Waals surface area (Å²) < 4.78 is 11.1. The number of hydrogen-bond acceptors (Lipinski definition) is 3. The molecule has 1 rings (SSSR count). The number of nitrogens with one attached hydrogen (secondary N) is 1. The van der Waals surface area contributed by atoms with Crippen LogP contribution in [-0.2, 0) is 0 Å². The first kappa shape index (κ1) is 21.8. The van der Waals surface area contributed by atoms with E-state index in [0.29, 0.717) is 25.1 Å². The Hall–Kier alpha value is -1.18. The molecule has 0 aliphatic rings. The topological polar surface area (TPSA) is 68.9 Å². The summed E-state index contributed by atoms with van der Waals surface area (Å²) in [6.45, 7) is 10.2. The van der Waals surface area contributed by atoms with Crippen molar-refractivity contribution >= 4 is 35.6 Å². The summed E-state index contributed by atoms with van der Waals surface area (Å²) in [7, 11) is 0. The van der Waals surface area contributed by atoms with Crippen molar-refractivity contribution in [2.45, 2.75) is 40.5 Å².